The molecule has 132 valence electrons. The number of hydrogen-bond donors (Lipinski definition) is 1. The van der Waals surface area contributed by atoms with E-state index in [0.29, 0.717) is 22.3 Å². The molecule has 0 unspecified atom stereocenters. The summed E-state index contributed by atoms with van der Waals surface area (Å²) in [4.78, 5) is 27.2. The van der Waals surface area contributed by atoms with E-state index in [1.54, 1.807) is 36.9 Å². The molecule has 0 aliphatic rings. The predicted molar refractivity (Wildman–Crippen MR) is 103 cm³/mol. The molecule has 2 rings (SSSR count). The topological polar surface area (TPSA) is 49.4 Å². The lowest BCUT2D eigenvalue weighted by Crippen LogP contribution is -2.47. The number of para-hydroxylation sites is 1. The first-order valence-corrected chi connectivity index (χ1v) is 8.66. The van der Waals surface area contributed by atoms with E-state index in [9.17, 15) is 9.59 Å². The van der Waals surface area contributed by atoms with Gasteiger partial charge in [0.15, 0.2) is 0 Å². The molecule has 0 bridgehead atoms. The lowest BCUT2D eigenvalue weighted by Gasteiger charge is -2.30. The van der Waals surface area contributed by atoms with Crippen molar-refractivity contribution in [1.29, 1.82) is 0 Å². The summed E-state index contributed by atoms with van der Waals surface area (Å²) in [6.07, 6.45) is 0. The predicted octanol–water partition coefficient (Wildman–Crippen LogP) is 5.01. The van der Waals surface area contributed by atoms with Gasteiger partial charge in [-0.15, -0.1) is 0 Å². The molecule has 0 atom stereocenters. The Morgan fingerprint density at radius 2 is 1.68 bits per heavy atom. The minimum atomic E-state index is -1.25. The number of anilines is 2. The van der Waals surface area contributed by atoms with Crippen molar-refractivity contribution in [3.63, 3.8) is 0 Å². The third-order valence-corrected chi connectivity index (χ3v) is 4.65. The highest BCUT2D eigenvalue weighted by Crippen LogP contribution is 2.28. The molecule has 0 fully saturated rings. The highest BCUT2D eigenvalue weighted by Gasteiger charge is 2.39. The Morgan fingerprint density at radius 1 is 1.04 bits per heavy atom. The SMILES string of the molecule is CCN(C(=O)C(C)(C)C(=O)Nc1ccc(Cl)c(Cl)c1)c1ccccc1. The third kappa shape index (κ3) is 4.33. The van der Waals surface area contributed by atoms with E-state index in [1.807, 2.05) is 37.3 Å². The van der Waals surface area contributed by atoms with Crippen molar-refractivity contribution in [3.8, 4) is 0 Å². The van der Waals surface area contributed by atoms with Crippen LogP contribution >= 0.6 is 23.2 Å². The molecular formula is C19H20Cl2N2O2. The Kier molecular flexibility index (Phi) is 6.09. The van der Waals surface area contributed by atoms with E-state index < -0.39 is 11.3 Å². The Bertz CT molecular complexity index is 776. The molecule has 0 saturated heterocycles. The molecule has 25 heavy (non-hydrogen) atoms. The van der Waals surface area contributed by atoms with Gasteiger partial charge in [-0.3, -0.25) is 9.59 Å². The van der Waals surface area contributed by atoms with Crippen LogP contribution in [-0.4, -0.2) is 18.4 Å². The van der Waals surface area contributed by atoms with Crippen molar-refractivity contribution < 1.29 is 9.59 Å². The van der Waals surface area contributed by atoms with Crippen molar-refractivity contribution in [1.82, 2.24) is 0 Å². The van der Waals surface area contributed by atoms with Crippen LogP contribution in [0.2, 0.25) is 10.0 Å². The molecule has 2 aromatic carbocycles. The highest BCUT2D eigenvalue weighted by molar-refractivity contribution is 6.42. The van der Waals surface area contributed by atoms with Crippen LogP contribution in [0.15, 0.2) is 48.5 Å². The van der Waals surface area contributed by atoms with Crippen LogP contribution < -0.4 is 10.2 Å². The van der Waals surface area contributed by atoms with Gasteiger partial charge in [0.05, 0.1) is 10.0 Å². The summed E-state index contributed by atoms with van der Waals surface area (Å²) in [6.45, 7) is 5.55. The Morgan fingerprint density at radius 3 is 2.24 bits per heavy atom. The molecule has 0 spiro atoms. The van der Waals surface area contributed by atoms with Crippen LogP contribution in [0.4, 0.5) is 11.4 Å². The monoisotopic (exact) mass is 378 g/mol. The van der Waals surface area contributed by atoms with E-state index in [2.05, 4.69) is 5.32 Å². The van der Waals surface area contributed by atoms with Gasteiger partial charge in [0, 0.05) is 17.9 Å². The largest absolute Gasteiger partial charge is 0.325 e. The molecule has 2 aromatic rings. The fourth-order valence-corrected chi connectivity index (χ4v) is 2.65. The summed E-state index contributed by atoms with van der Waals surface area (Å²) >= 11 is 11.8. The van der Waals surface area contributed by atoms with Gasteiger partial charge in [-0.25, -0.2) is 0 Å². The van der Waals surface area contributed by atoms with E-state index in [0.717, 1.165) is 5.69 Å². The van der Waals surface area contributed by atoms with E-state index in [1.165, 1.54) is 0 Å². The lowest BCUT2D eigenvalue weighted by molar-refractivity contribution is -0.136. The summed E-state index contributed by atoms with van der Waals surface area (Å²) in [5.74, 6) is -0.691. The first-order valence-electron chi connectivity index (χ1n) is 7.91. The van der Waals surface area contributed by atoms with Gasteiger partial charge in [0.2, 0.25) is 11.8 Å². The molecule has 0 aliphatic carbocycles. The number of amides is 2. The minimum absolute atomic E-state index is 0.279. The number of halogens is 2. The maximum absolute atomic E-state index is 13.0. The third-order valence-electron chi connectivity index (χ3n) is 3.91. The van der Waals surface area contributed by atoms with Crippen molar-refractivity contribution in [2.75, 3.05) is 16.8 Å². The molecule has 0 saturated carbocycles. The van der Waals surface area contributed by atoms with Crippen LogP contribution in [-0.2, 0) is 9.59 Å². The van der Waals surface area contributed by atoms with Crippen LogP contribution in [0.5, 0.6) is 0 Å². The fourth-order valence-electron chi connectivity index (χ4n) is 2.35. The van der Waals surface area contributed by atoms with Crippen molar-refractivity contribution in [2.24, 2.45) is 5.41 Å². The fraction of sp³-hybridized carbons (Fsp3) is 0.263. The Labute approximate surface area is 157 Å². The van der Waals surface area contributed by atoms with Crippen LogP contribution in [0.3, 0.4) is 0 Å². The standard InChI is InChI=1S/C19H20Cl2N2O2/c1-4-23(14-8-6-5-7-9-14)18(25)19(2,3)17(24)22-13-10-11-15(20)16(21)12-13/h5-12H,4H2,1-3H3,(H,22,24). The quantitative estimate of drug-likeness (QED) is 0.743. The van der Waals surface area contributed by atoms with Crippen LogP contribution in [0.1, 0.15) is 20.8 Å². The zero-order valence-electron chi connectivity index (χ0n) is 14.3. The number of carbonyl (C=O) groups excluding carboxylic acids is 2. The van der Waals surface area contributed by atoms with E-state index in [-0.39, 0.29) is 5.91 Å². The molecular weight excluding hydrogens is 359 g/mol. The first kappa shape index (κ1) is 19.3. The van der Waals surface area contributed by atoms with Gasteiger partial charge < -0.3 is 10.2 Å². The second-order valence-corrected chi connectivity index (χ2v) is 6.91. The molecule has 0 radical (unpaired) electrons. The first-order chi connectivity index (χ1) is 11.8. The van der Waals surface area contributed by atoms with E-state index in [4.69, 9.17) is 23.2 Å². The van der Waals surface area contributed by atoms with Crippen molar-refractivity contribution in [2.45, 2.75) is 20.8 Å². The summed E-state index contributed by atoms with van der Waals surface area (Å²) in [5, 5.41) is 3.47. The van der Waals surface area contributed by atoms with Gasteiger partial charge in [0.1, 0.15) is 5.41 Å². The van der Waals surface area contributed by atoms with Crippen molar-refractivity contribution in [3.05, 3.63) is 58.6 Å². The summed E-state index contributed by atoms with van der Waals surface area (Å²) in [5.41, 5.74) is -0.00809. The van der Waals surface area contributed by atoms with Gasteiger partial charge in [-0.05, 0) is 51.1 Å². The molecule has 0 heterocycles. The Hall–Kier alpha value is -2.04. The number of benzene rings is 2. The minimum Gasteiger partial charge on any atom is -0.325 e. The number of hydrogen-bond acceptors (Lipinski definition) is 2. The smallest absolute Gasteiger partial charge is 0.242 e. The summed E-state index contributed by atoms with van der Waals surface area (Å²) in [6, 6.07) is 14.1. The van der Waals surface area contributed by atoms with Gasteiger partial charge in [-0.1, -0.05) is 41.4 Å². The van der Waals surface area contributed by atoms with Crippen LogP contribution in [0, 0.1) is 5.41 Å². The number of carbonyl (C=O) groups is 2. The average molecular weight is 379 g/mol. The molecule has 0 aromatic heterocycles. The lowest BCUT2D eigenvalue weighted by atomic mass is 9.89. The van der Waals surface area contributed by atoms with Gasteiger partial charge in [0.25, 0.3) is 0 Å². The van der Waals surface area contributed by atoms with E-state index >= 15 is 0 Å². The molecule has 0 aliphatic heterocycles. The van der Waals surface area contributed by atoms with Crippen molar-refractivity contribution >= 4 is 46.4 Å². The van der Waals surface area contributed by atoms with Gasteiger partial charge >= 0.3 is 0 Å². The number of rotatable bonds is 5. The van der Waals surface area contributed by atoms with Gasteiger partial charge in [-0.2, -0.15) is 0 Å². The molecule has 4 nitrogen and oxygen atoms in total. The molecule has 1 N–H and O–H groups in total. The van der Waals surface area contributed by atoms with Crippen LogP contribution in [0.25, 0.3) is 0 Å². The maximum Gasteiger partial charge on any atom is 0.242 e. The normalized spacial score (nSPS) is 11.1. The number of nitrogens with zero attached hydrogens (tertiary/aromatic N) is 1. The summed E-state index contributed by atoms with van der Waals surface area (Å²) in [7, 11) is 0. The summed E-state index contributed by atoms with van der Waals surface area (Å²) < 4.78 is 0. The zero-order valence-corrected chi connectivity index (χ0v) is 15.9. The highest BCUT2D eigenvalue weighted by atomic mass is 35.5. The Balaban J connectivity index is 2.21. The second kappa shape index (κ2) is 7.89. The maximum atomic E-state index is 13.0. The second-order valence-electron chi connectivity index (χ2n) is 6.09. The average Bonchev–Trinajstić information content (AvgIpc) is 2.59. The molecule has 2 amide bonds. The molecule has 6 heteroatoms. The number of nitrogens with one attached hydrogen (secondary N) is 1. The zero-order chi connectivity index (χ0) is 18.6.